The predicted molar refractivity (Wildman–Crippen MR) is 80.4 cm³/mol. The Morgan fingerprint density at radius 1 is 1.20 bits per heavy atom. The van der Waals surface area contributed by atoms with Crippen LogP contribution in [0.4, 0.5) is 4.39 Å². The Morgan fingerprint density at radius 2 is 2.00 bits per heavy atom. The van der Waals surface area contributed by atoms with Crippen LogP contribution >= 0.6 is 0 Å². The molecule has 3 rings (SSSR count). The minimum absolute atomic E-state index is 0.0699. The van der Waals surface area contributed by atoms with Gasteiger partial charge in [-0.15, -0.1) is 0 Å². The van der Waals surface area contributed by atoms with E-state index in [0.717, 1.165) is 24.0 Å². The minimum atomic E-state index is -0.0699. The first-order valence-corrected chi connectivity index (χ1v) is 7.20. The summed E-state index contributed by atoms with van der Waals surface area (Å²) in [6, 6.07) is 14.3. The number of hydrogen-bond donors (Lipinski definition) is 1. The summed E-state index contributed by atoms with van der Waals surface area (Å²) in [5.74, 6) is 0.475. The zero-order chi connectivity index (χ0) is 14.1. The monoisotopic (exact) mass is 269 g/mol. The zero-order valence-corrected chi connectivity index (χ0v) is 12.0. The Morgan fingerprint density at radius 3 is 2.75 bits per heavy atom. The van der Waals surface area contributed by atoms with Crippen LogP contribution in [0.15, 0.2) is 42.5 Å². The highest BCUT2D eigenvalue weighted by Crippen LogP contribution is 2.41. The fraction of sp³-hybridized carbons (Fsp3) is 0.333. The molecule has 1 aliphatic rings. The van der Waals surface area contributed by atoms with Crippen LogP contribution in [0.3, 0.4) is 0 Å². The fourth-order valence-corrected chi connectivity index (χ4v) is 3.20. The van der Waals surface area contributed by atoms with Crippen LogP contribution in [0.1, 0.15) is 40.6 Å². The van der Waals surface area contributed by atoms with Gasteiger partial charge in [-0.1, -0.05) is 42.5 Å². The number of benzene rings is 2. The van der Waals surface area contributed by atoms with Crippen LogP contribution in [0, 0.1) is 12.7 Å². The van der Waals surface area contributed by atoms with Gasteiger partial charge in [0.25, 0.3) is 0 Å². The maximum atomic E-state index is 14.3. The minimum Gasteiger partial charge on any atom is -0.313 e. The number of rotatable bonds is 4. The van der Waals surface area contributed by atoms with Crippen molar-refractivity contribution in [1.82, 2.24) is 5.32 Å². The average molecular weight is 269 g/mol. The van der Waals surface area contributed by atoms with Crippen molar-refractivity contribution in [2.45, 2.75) is 31.7 Å². The van der Waals surface area contributed by atoms with E-state index in [0.29, 0.717) is 5.92 Å². The van der Waals surface area contributed by atoms with Gasteiger partial charge in [0.05, 0.1) is 0 Å². The van der Waals surface area contributed by atoms with E-state index in [-0.39, 0.29) is 11.9 Å². The van der Waals surface area contributed by atoms with E-state index in [4.69, 9.17) is 0 Å². The third kappa shape index (κ3) is 2.25. The summed E-state index contributed by atoms with van der Waals surface area (Å²) >= 11 is 0. The highest BCUT2D eigenvalue weighted by molar-refractivity contribution is 5.40. The van der Waals surface area contributed by atoms with E-state index in [2.05, 4.69) is 29.6 Å². The highest BCUT2D eigenvalue weighted by Gasteiger charge is 2.29. The summed E-state index contributed by atoms with van der Waals surface area (Å²) in [6.45, 7) is 1.82. The first-order valence-electron chi connectivity index (χ1n) is 7.20. The van der Waals surface area contributed by atoms with Crippen molar-refractivity contribution in [3.63, 3.8) is 0 Å². The summed E-state index contributed by atoms with van der Waals surface area (Å²) < 4.78 is 14.3. The average Bonchev–Trinajstić information content (AvgIpc) is 2.44. The fourth-order valence-electron chi connectivity index (χ4n) is 3.20. The van der Waals surface area contributed by atoms with Crippen molar-refractivity contribution in [2.75, 3.05) is 7.05 Å². The number of halogens is 1. The molecule has 0 amide bonds. The van der Waals surface area contributed by atoms with E-state index in [1.54, 1.807) is 0 Å². The highest BCUT2D eigenvalue weighted by atomic mass is 19.1. The molecule has 0 spiro atoms. The zero-order valence-electron chi connectivity index (χ0n) is 12.0. The van der Waals surface area contributed by atoms with E-state index in [1.165, 1.54) is 11.1 Å². The van der Waals surface area contributed by atoms with E-state index in [1.807, 2.05) is 32.2 Å². The number of hydrogen-bond acceptors (Lipinski definition) is 1. The maximum Gasteiger partial charge on any atom is 0.130 e. The van der Waals surface area contributed by atoms with Gasteiger partial charge in [0.1, 0.15) is 5.82 Å². The van der Waals surface area contributed by atoms with Gasteiger partial charge in [-0.3, -0.25) is 0 Å². The Balaban J connectivity index is 1.81. The van der Waals surface area contributed by atoms with Crippen molar-refractivity contribution < 1.29 is 4.39 Å². The summed E-state index contributed by atoms with van der Waals surface area (Å²) in [5.41, 5.74) is 4.38. The summed E-state index contributed by atoms with van der Waals surface area (Å²) in [7, 11) is 1.91. The van der Waals surface area contributed by atoms with Gasteiger partial charge in [-0.05, 0) is 49.4 Å². The van der Waals surface area contributed by atoms with Crippen molar-refractivity contribution in [3.05, 3.63) is 70.5 Å². The van der Waals surface area contributed by atoms with Crippen molar-refractivity contribution in [3.8, 4) is 0 Å². The van der Waals surface area contributed by atoms with E-state index in [9.17, 15) is 4.39 Å². The van der Waals surface area contributed by atoms with Gasteiger partial charge < -0.3 is 5.32 Å². The van der Waals surface area contributed by atoms with Crippen LogP contribution < -0.4 is 5.32 Å². The van der Waals surface area contributed by atoms with Crippen molar-refractivity contribution >= 4 is 0 Å². The van der Waals surface area contributed by atoms with E-state index < -0.39 is 0 Å². The standard InChI is InChI=1S/C18H20FN/c1-12-6-5-9-16(18(12)19)17(20-2)11-14-10-13-7-3-4-8-15(13)14/h3-9,14,17,20H,10-11H2,1-2H3. The molecule has 0 heterocycles. The lowest BCUT2D eigenvalue weighted by molar-refractivity contribution is 0.436. The molecule has 0 aromatic heterocycles. The third-order valence-electron chi connectivity index (χ3n) is 4.43. The van der Waals surface area contributed by atoms with Crippen LogP contribution in [0.25, 0.3) is 0 Å². The quantitative estimate of drug-likeness (QED) is 0.880. The molecule has 20 heavy (non-hydrogen) atoms. The second kappa shape index (κ2) is 5.37. The van der Waals surface area contributed by atoms with Crippen molar-refractivity contribution in [2.24, 2.45) is 0 Å². The van der Waals surface area contributed by atoms with Gasteiger partial charge in [0.15, 0.2) is 0 Å². The van der Waals surface area contributed by atoms with Gasteiger partial charge >= 0.3 is 0 Å². The predicted octanol–water partition coefficient (Wildman–Crippen LogP) is 4.12. The summed E-state index contributed by atoms with van der Waals surface area (Å²) in [5, 5.41) is 3.28. The Hall–Kier alpha value is -1.67. The van der Waals surface area contributed by atoms with Crippen molar-refractivity contribution in [1.29, 1.82) is 0 Å². The number of fused-ring (bicyclic) bond motifs is 1. The topological polar surface area (TPSA) is 12.0 Å². The number of nitrogens with one attached hydrogen (secondary N) is 1. The Labute approximate surface area is 119 Å². The molecule has 104 valence electrons. The SMILES string of the molecule is CNC(CC1Cc2ccccc21)c1cccc(C)c1F. The smallest absolute Gasteiger partial charge is 0.130 e. The molecule has 0 aliphatic heterocycles. The molecule has 1 N–H and O–H groups in total. The molecular formula is C18H20FN. The Bertz CT molecular complexity index is 621. The van der Waals surface area contributed by atoms with Crippen LogP contribution in [0.5, 0.6) is 0 Å². The molecule has 0 fully saturated rings. The molecule has 2 atom stereocenters. The molecule has 2 unspecified atom stereocenters. The number of aryl methyl sites for hydroxylation is 1. The van der Waals surface area contributed by atoms with Crippen LogP contribution in [-0.4, -0.2) is 7.05 Å². The van der Waals surface area contributed by atoms with E-state index >= 15 is 0 Å². The lowest BCUT2D eigenvalue weighted by atomic mass is 9.73. The first-order chi connectivity index (χ1) is 9.70. The van der Waals surface area contributed by atoms with Gasteiger partial charge in [-0.2, -0.15) is 0 Å². The summed E-state index contributed by atoms with van der Waals surface area (Å²) in [6.07, 6.45) is 2.07. The molecule has 2 aromatic rings. The second-order valence-corrected chi connectivity index (χ2v) is 5.65. The lowest BCUT2D eigenvalue weighted by Gasteiger charge is -2.33. The summed E-state index contributed by atoms with van der Waals surface area (Å²) in [4.78, 5) is 0. The molecular weight excluding hydrogens is 249 g/mol. The van der Waals surface area contributed by atoms with Gasteiger partial charge in [-0.25, -0.2) is 4.39 Å². The largest absolute Gasteiger partial charge is 0.313 e. The molecule has 0 bridgehead atoms. The molecule has 0 saturated carbocycles. The molecule has 1 nitrogen and oxygen atoms in total. The normalized spacial score (nSPS) is 18.2. The second-order valence-electron chi connectivity index (χ2n) is 5.65. The van der Waals surface area contributed by atoms with Gasteiger partial charge in [0, 0.05) is 11.6 Å². The molecule has 2 heteroatoms. The first kappa shape index (κ1) is 13.3. The third-order valence-corrected chi connectivity index (χ3v) is 4.43. The molecule has 0 radical (unpaired) electrons. The molecule has 1 aliphatic carbocycles. The van der Waals surface area contributed by atoms with Gasteiger partial charge in [0.2, 0.25) is 0 Å². The van der Waals surface area contributed by atoms with Crippen LogP contribution in [0.2, 0.25) is 0 Å². The van der Waals surface area contributed by atoms with Crippen LogP contribution in [-0.2, 0) is 6.42 Å². The lowest BCUT2D eigenvalue weighted by Crippen LogP contribution is -2.25. The molecule has 0 saturated heterocycles. The molecule has 2 aromatic carbocycles. The maximum absolute atomic E-state index is 14.3. The Kier molecular flexibility index (Phi) is 3.58.